The predicted molar refractivity (Wildman–Crippen MR) is 124 cm³/mol. The number of hydrogen-bond donors (Lipinski definition) is 0. The van der Waals surface area contributed by atoms with E-state index in [1.165, 1.54) is 11.8 Å². The first-order valence-electron chi connectivity index (χ1n) is 10.4. The molecule has 160 valence electrons. The van der Waals surface area contributed by atoms with Crippen LogP contribution in [0.15, 0.2) is 54.9 Å². The highest BCUT2D eigenvalue weighted by molar-refractivity contribution is 6.29. The lowest BCUT2D eigenvalue weighted by molar-refractivity contribution is 0.0746. The van der Waals surface area contributed by atoms with E-state index in [0.29, 0.717) is 42.8 Å². The average Bonchev–Trinajstić information content (AvgIpc) is 2.79. The Labute approximate surface area is 187 Å². The van der Waals surface area contributed by atoms with Crippen LogP contribution in [0.4, 0.5) is 5.95 Å². The number of carbonyl (C=O) groups excluding carboxylic acids is 1. The Morgan fingerprint density at radius 3 is 2.26 bits per heavy atom. The van der Waals surface area contributed by atoms with Crippen molar-refractivity contribution in [3.8, 4) is 11.3 Å². The molecule has 0 spiro atoms. The third-order valence-corrected chi connectivity index (χ3v) is 5.74. The Morgan fingerprint density at radius 2 is 1.65 bits per heavy atom. The fourth-order valence-corrected chi connectivity index (χ4v) is 3.71. The number of piperazine rings is 1. The van der Waals surface area contributed by atoms with Gasteiger partial charge in [0.1, 0.15) is 5.15 Å². The number of amides is 1. The second-order valence-electron chi connectivity index (χ2n) is 8.72. The van der Waals surface area contributed by atoms with Crippen LogP contribution in [0.25, 0.3) is 11.3 Å². The summed E-state index contributed by atoms with van der Waals surface area (Å²) in [6.45, 7) is 9.19. The average molecular weight is 436 g/mol. The van der Waals surface area contributed by atoms with Gasteiger partial charge in [-0.2, -0.15) is 0 Å². The number of anilines is 1. The maximum absolute atomic E-state index is 12.7. The summed E-state index contributed by atoms with van der Waals surface area (Å²) in [5, 5.41) is 0.381. The van der Waals surface area contributed by atoms with Crippen LogP contribution in [-0.2, 0) is 5.41 Å². The maximum atomic E-state index is 12.7. The minimum absolute atomic E-state index is 0.0302. The Balaban J connectivity index is 1.43. The van der Waals surface area contributed by atoms with Crippen molar-refractivity contribution in [3.05, 3.63) is 71.1 Å². The molecule has 0 unspecified atom stereocenters. The minimum Gasteiger partial charge on any atom is -0.337 e. The van der Waals surface area contributed by atoms with Crippen molar-refractivity contribution < 1.29 is 4.79 Å². The van der Waals surface area contributed by atoms with Gasteiger partial charge in [0.2, 0.25) is 5.95 Å². The molecule has 0 radical (unpaired) electrons. The van der Waals surface area contributed by atoms with Gasteiger partial charge in [-0.05, 0) is 29.2 Å². The molecule has 4 rings (SSSR count). The lowest BCUT2D eigenvalue weighted by Gasteiger charge is -2.34. The van der Waals surface area contributed by atoms with E-state index in [-0.39, 0.29) is 11.3 Å². The summed E-state index contributed by atoms with van der Waals surface area (Å²) in [6.07, 6.45) is 3.32. The van der Waals surface area contributed by atoms with Crippen LogP contribution in [-0.4, -0.2) is 51.9 Å². The van der Waals surface area contributed by atoms with Crippen molar-refractivity contribution in [2.75, 3.05) is 31.1 Å². The fourth-order valence-electron chi connectivity index (χ4n) is 3.60. The second-order valence-corrected chi connectivity index (χ2v) is 9.11. The summed E-state index contributed by atoms with van der Waals surface area (Å²) >= 11 is 5.82. The summed E-state index contributed by atoms with van der Waals surface area (Å²) < 4.78 is 0. The molecule has 1 fully saturated rings. The van der Waals surface area contributed by atoms with Crippen LogP contribution in [0.2, 0.25) is 5.15 Å². The summed E-state index contributed by atoms with van der Waals surface area (Å²) in [5.74, 6) is 0.662. The molecule has 3 heterocycles. The first-order chi connectivity index (χ1) is 14.8. The van der Waals surface area contributed by atoms with Crippen LogP contribution in [0.5, 0.6) is 0 Å². The van der Waals surface area contributed by atoms with Crippen LogP contribution >= 0.6 is 11.6 Å². The molecule has 1 amide bonds. The van der Waals surface area contributed by atoms with Gasteiger partial charge in [-0.3, -0.25) is 4.79 Å². The summed E-state index contributed by atoms with van der Waals surface area (Å²) in [7, 11) is 0. The molecule has 2 aromatic heterocycles. The molecular formula is C24H26ClN5O. The Bertz CT molecular complexity index is 1050. The van der Waals surface area contributed by atoms with Crippen LogP contribution in [0.3, 0.4) is 0 Å². The largest absolute Gasteiger partial charge is 0.337 e. The quantitative estimate of drug-likeness (QED) is 0.568. The van der Waals surface area contributed by atoms with Crippen LogP contribution in [0.1, 0.15) is 36.7 Å². The van der Waals surface area contributed by atoms with E-state index in [4.69, 9.17) is 16.6 Å². The van der Waals surface area contributed by atoms with Gasteiger partial charge in [-0.15, -0.1) is 0 Å². The predicted octanol–water partition coefficient (Wildman–Crippen LogP) is 4.45. The molecule has 1 aromatic carbocycles. The SMILES string of the molecule is CC(C)(C)c1ccc(-c2ccnc(N3CCN(C(=O)c4ccc(Cl)nc4)CC3)n2)cc1. The van der Waals surface area contributed by atoms with E-state index in [9.17, 15) is 4.79 Å². The fraction of sp³-hybridized carbons (Fsp3) is 0.333. The lowest BCUT2D eigenvalue weighted by atomic mass is 9.86. The van der Waals surface area contributed by atoms with Crippen molar-refractivity contribution in [3.63, 3.8) is 0 Å². The van der Waals surface area contributed by atoms with Crippen molar-refractivity contribution in [1.82, 2.24) is 19.9 Å². The number of pyridine rings is 1. The normalized spacial score (nSPS) is 14.6. The molecule has 3 aromatic rings. The van der Waals surface area contributed by atoms with Gasteiger partial charge in [0.05, 0.1) is 11.3 Å². The zero-order valence-corrected chi connectivity index (χ0v) is 18.8. The van der Waals surface area contributed by atoms with Crippen LogP contribution in [0, 0.1) is 0 Å². The number of carbonyl (C=O) groups is 1. The highest BCUT2D eigenvalue weighted by Crippen LogP contribution is 2.26. The molecule has 1 aliphatic rings. The standard InChI is InChI=1S/C24H26ClN5O/c1-24(2,3)19-7-4-17(5-8-19)20-10-11-26-23(28-20)30-14-12-29(13-15-30)22(31)18-6-9-21(25)27-16-18/h4-11,16H,12-15H2,1-3H3. The van der Waals surface area contributed by atoms with E-state index >= 15 is 0 Å². The van der Waals surface area contributed by atoms with Gasteiger partial charge in [0.15, 0.2) is 0 Å². The molecule has 1 saturated heterocycles. The van der Waals surface area contributed by atoms with Gasteiger partial charge in [0, 0.05) is 44.1 Å². The van der Waals surface area contributed by atoms with E-state index < -0.39 is 0 Å². The molecule has 7 heteroatoms. The number of rotatable bonds is 3. The number of hydrogen-bond acceptors (Lipinski definition) is 5. The molecule has 0 aliphatic carbocycles. The number of aromatic nitrogens is 3. The van der Waals surface area contributed by atoms with E-state index in [2.05, 4.69) is 59.9 Å². The first-order valence-corrected chi connectivity index (χ1v) is 10.8. The van der Waals surface area contributed by atoms with E-state index in [0.717, 1.165) is 11.3 Å². The zero-order chi connectivity index (χ0) is 22.0. The summed E-state index contributed by atoms with van der Waals surface area (Å²) in [4.78, 5) is 29.9. The number of benzene rings is 1. The van der Waals surface area contributed by atoms with Crippen molar-refractivity contribution in [1.29, 1.82) is 0 Å². The smallest absolute Gasteiger partial charge is 0.255 e. The lowest BCUT2D eigenvalue weighted by Crippen LogP contribution is -2.49. The highest BCUT2D eigenvalue weighted by Gasteiger charge is 2.24. The summed E-state index contributed by atoms with van der Waals surface area (Å²) in [5.41, 5.74) is 3.93. The highest BCUT2D eigenvalue weighted by atomic mass is 35.5. The summed E-state index contributed by atoms with van der Waals surface area (Å²) in [6, 6.07) is 13.8. The van der Waals surface area contributed by atoms with Gasteiger partial charge in [0.25, 0.3) is 5.91 Å². The molecule has 6 nitrogen and oxygen atoms in total. The van der Waals surface area contributed by atoms with Crippen molar-refractivity contribution in [2.45, 2.75) is 26.2 Å². The van der Waals surface area contributed by atoms with Crippen molar-refractivity contribution >= 4 is 23.5 Å². The molecule has 0 saturated carbocycles. The Morgan fingerprint density at radius 1 is 0.935 bits per heavy atom. The van der Waals surface area contributed by atoms with E-state index in [1.807, 2.05) is 11.0 Å². The monoisotopic (exact) mass is 435 g/mol. The zero-order valence-electron chi connectivity index (χ0n) is 18.0. The number of halogens is 1. The first kappa shape index (κ1) is 21.2. The third-order valence-electron chi connectivity index (χ3n) is 5.51. The van der Waals surface area contributed by atoms with Gasteiger partial charge in [-0.25, -0.2) is 15.0 Å². The Hall–Kier alpha value is -2.99. The molecule has 0 atom stereocenters. The molecule has 0 bridgehead atoms. The Kier molecular flexibility index (Phi) is 5.92. The topological polar surface area (TPSA) is 62.2 Å². The molecule has 1 aliphatic heterocycles. The molecule has 0 N–H and O–H groups in total. The minimum atomic E-state index is -0.0302. The van der Waals surface area contributed by atoms with Crippen molar-refractivity contribution in [2.24, 2.45) is 0 Å². The van der Waals surface area contributed by atoms with E-state index in [1.54, 1.807) is 18.3 Å². The van der Waals surface area contributed by atoms with Gasteiger partial charge in [-0.1, -0.05) is 56.6 Å². The molecular weight excluding hydrogens is 410 g/mol. The maximum Gasteiger partial charge on any atom is 0.255 e. The van der Waals surface area contributed by atoms with Crippen LogP contribution < -0.4 is 4.90 Å². The van der Waals surface area contributed by atoms with Gasteiger partial charge >= 0.3 is 0 Å². The van der Waals surface area contributed by atoms with Gasteiger partial charge < -0.3 is 9.80 Å². The molecule has 31 heavy (non-hydrogen) atoms. The third kappa shape index (κ3) is 4.85. The second kappa shape index (κ2) is 8.63. The number of nitrogens with zero attached hydrogens (tertiary/aromatic N) is 5.